The topological polar surface area (TPSA) is 102 Å². The average Bonchev–Trinajstić information content (AvgIpc) is 3.31. The minimum atomic E-state index is -0.534. The summed E-state index contributed by atoms with van der Waals surface area (Å²) in [5.41, 5.74) is 2.86. The van der Waals surface area contributed by atoms with Gasteiger partial charge in [0.15, 0.2) is 6.61 Å². The minimum absolute atomic E-state index is 0.0127. The van der Waals surface area contributed by atoms with E-state index < -0.39 is 18.5 Å². The Morgan fingerprint density at radius 2 is 2.23 bits per heavy atom. The Morgan fingerprint density at radius 3 is 3.00 bits per heavy atom. The first-order chi connectivity index (χ1) is 15.0. The predicted octanol–water partition coefficient (Wildman–Crippen LogP) is 4.22. The molecule has 0 spiro atoms. The number of thiophene rings is 1. The summed E-state index contributed by atoms with van der Waals surface area (Å²) in [6.07, 6.45) is 4.30. The number of rotatable bonds is 6. The summed E-state index contributed by atoms with van der Waals surface area (Å²) in [5, 5.41) is 13.6. The number of furan rings is 1. The van der Waals surface area contributed by atoms with Crippen LogP contribution in [0.2, 0.25) is 0 Å². The van der Waals surface area contributed by atoms with Gasteiger partial charge in [0, 0.05) is 21.9 Å². The minimum Gasteiger partial charge on any atom is -0.497 e. The van der Waals surface area contributed by atoms with Crippen LogP contribution in [-0.2, 0) is 33.6 Å². The van der Waals surface area contributed by atoms with Gasteiger partial charge < -0.3 is 19.2 Å². The molecule has 0 radical (unpaired) electrons. The number of ether oxygens (including phenoxy) is 2. The van der Waals surface area contributed by atoms with E-state index >= 15 is 0 Å². The van der Waals surface area contributed by atoms with Crippen LogP contribution >= 0.6 is 11.3 Å². The highest BCUT2D eigenvalue weighted by molar-refractivity contribution is 7.16. The Balaban J connectivity index is 1.35. The summed E-state index contributed by atoms with van der Waals surface area (Å²) in [6, 6.07) is 7.56. The third kappa shape index (κ3) is 4.42. The number of benzene rings is 1. The van der Waals surface area contributed by atoms with Crippen LogP contribution < -0.4 is 10.1 Å². The quantitative estimate of drug-likeness (QED) is 0.578. The molecular weight excluding hydrogens is 416 g/mol. The molecule has 2 aromatic heterocycles. The second kappa shape index (κ2) is 8.82. The smallest absolute Gasteiger partial charge is 0.310 e. The molecule has 1 amide bonds. The molecule has 8 heteroatoms. The van der Waals surface area contributed by atoms with Gasteiger partial charge in [-0.3, -0.25) is 9.59 Å². The third-order valence-corrected chi connectivity index (χ3v) is 6.61. The van der Waals surface area contributed by atoms with Crippen LogP contribution in [0.3, 0.4) is 0 Å². The van der Waals surface area contributed by atoms with Crippen LogP contribution in [0.4, 0.5) is 5.00 Å². The lowest BCUT2D eigenvalue weighted by molar-refractivity contribution is -0.146. The van der Waals surface area contributed by atoms with Crippen molar-refractivity contribution in [3.05, 3.63) is 46.0 Å². The van der Waals surface area contributed by atoms with Gasteiger partial charge in [-0.05, 0) is 42.9 Å². The standard InChI is InChI=1S/C23H22N2O5S/c1-13-3-5-17-18(10-24)23(31-20(17)7-13)25-21(26)12-30-22(27)8-14-11-29-19-9-15(28-2)4-6-16(14)19/h4,6,9,11,13H,3,5,7-8,12H2,1-2H3,(H,25,26)/t13-/m0/s1. The van der Waals surface area contributed by atoms with Gasteiger partial charge in [0.05, 0.1) is 25.4 Å². The van der Waals surface area contributed by atoms with Crippen molar-refractivity contribution in [2.75, 3.05) is 19.0 Å². The number of carbonyl (C=O) groups is 2. The molecule has 0 saturated carbocycles. The molecule has 0 fully saturated rings. The second-order valence-electron chi connectivity index (χ2n) is 7.68. The lowest BCUT2D eigenvalue weighted by Crippen LogP contribution is -2.21. The Morgan fingerprint density at radius 1 is 1.39 bits per heavy atom. The zero-order valence-electron chi connectivity index (χ0n) is 17.3. The van der Waals surface area contributed by atoms with E-state index in [9.17, 15) is 14.9 Å². The summed E-state index contributed by atoms with van der Waals surface area (Å²) in [4.78, 5) is 25.7. The summed E-state index contributed by atoms with van der Waals surface area (Å²) < 4.78 is 15.8. The van der Waals surface area contributed by atoms with E-state index in [0.717, 1.165) is 35.1 Å². The normalized spacial score (nSPS) is 15.2. The number of anilines is 1. The van der Waals surface area contributed by atoms with E-state index in [1.807, 2.05) is 6.07 Å². The fourth-order valence-electron chi connectivity index (χ4n) is 3.80. The first kappa shape index (κ1) is 20.9. The third-order valence-electron chi connectivity index (χ3n) is 5.44. The van der Waals surface area contributed by atoms with Gasteiger partial charge in [-0.25, -0.2) is 0 Å². The van der Waals surface area contributed by atoms with Crippen LogP contribution in [0.15, 0.2) is 28.9 Å². The highest BCUT2D eigenvalue weighted by atomic mass is 32.1. The number of hydrogen-bond acceptors (Lipinski definition) is 7. The first-order valence-electron chi connectivity index (χ1n) is 10.0. The number of methoxy groups -OCH3 is 1. The molecule has 1 N–H and O–H groups in total. The van der Waals surface area contributed by atoms with Crippen LogP contribution in [0.5, 0.6) is 5.75 Å². The number of nitriles is 1. The first-order valence-corrected chi connectivity index (χ1v) is 10.8. The van der Waals surface area contributed by atoms with Gasteiger partial charge in [-0.15, -0.1) is 11.3 Å². The average molecular weight is 439 g/mol. The van der Waals surface area contributed by atoms with E-state index in [1.54, 1.807) is 19.2 Å². The Labute approximate surface area is 183 Å². The fraction of sp³-hybridized carbons (Fsp3) is 0.348. The molecule has 1 aromatic carbocycles. The molecular formula is C23H22N2O5S. The van der Waals surface area contributed by atoms with Gasteiger partial charge in [-0.1, -0.05) is 6.92 Å². The van der Waals surface area contributed by atoms with E-state index in [1.165, 1.54) is 17.6 Å². The Kier molecular flexibility index (Phi) is 5.96. The zero-order valence-corrected chi connectivity index (χ0v) is 18.1. The molecule has 3 aromatic rings. The summed E-state index contributed by atoms with van der Waals surface area (Å²) in [6.45, 7) is 1.78. The maximum Gasteiger partial charge on any atom is 0.310 e. The number of nitrogens with zero attached hydrogens (tertiary/aromatic N) is 1. The maximum atomic E-state index is 12.3. The molecule has 1 aliphatic carbocycles. The van der Waals surface area contributed by atoms with E-state index in [-0.39, 0.29) is 6.42 Å². The van der Waals surface area contributed by atoms with Gasteiger partial charge in [0.25, 0.3) is 5.91 Å². The molecule has 0 saturated heterocycles. The molecule has 0 bridgehead atoms. The van der Waals surface area contributed by atoms with Gasteiger partial charge in [-0.2, -0.15) is 5.26 Å². The van der Waals surface area contributed by atoms with Crippen molar-refractivity contribution in [3.8, 4) is 11.8 Å². The van der Waals surface area contributed by atoms with Crippen molar-refractivity contribution >= 4 is 39.2 Å². The molecule has 1 aliphatic rings. The summed E-state index contributed by atoms with van der Waals surface area (Å²) >= 11 is 1.44. The highest BCUT2D eigenvalue weighted by Crippen LogP contribution is 2.39. The molecule has 2 heterocycles. The Bertz CT molecular complexity index is 1190. The van der Waals surface area contributed by atoms with Crippen molar-refractivity contribution in [1.29, 1.82) is 5.26 Å². The number of esters is 1. The number of carbonyl (C=O) groups excluding carboxylic acids is 2. The Hall–Kier alpha value is -3.31. The van der Waals surface area contributed by atoms with Gasteiger partial charge in [0.2, 0.25) is 0 Å². The zero-order chi connectivity index (χ0) is 22.0. The summed E-state index contributed by atoms with van der Waals surface area (Å²) in [5.74, 6) is 0.239. The lowest BCUT2D eigenvalue weighted by atomic mass is 9.89. The SMILES string of the molecule is COc1ccc2c(CC(=O)OCC(=O)Nc3sc4c(c3C#N)CC[C@H](C)C4)coc2c1. The molecule has 31 heavy (non-hydrogen) atoms. The van der Waals surface area contributed by atoms with Crippen LogP contribution in [0.25, 0.3) is 11.0 Å². The summed E-state index contributed by atoms with van der Waals surface area (Å²) in [7, 11) is 1.57. The van der Waals surface area contributed by atoms with Crippen molar-refractivity contribution in [3.63, 3.8) is 0 Å². The molecule has 0 unspecified atom stereocenters. The van der Waals surface area contributed by atoms with E-state index in [4.69, 9.17) is 13.9 Å². The van der Waals surface area contributed by atoms with Crippen LogP contribution in [0, 0.1) is 17.2 Å². The van der Waals surface area contributed by atoms with Crippen molar-refractivity contribution in [1.82, 2.24) is 0 Å². The van der Waals surface area contributed by atoms with E-state index in [2.05, 4.69) is 18.3 Å². The lowest BCUT2D eigenvalue weighted by Gasteiger charge is -2.17. The molecule has 1 atom stereocenters. The largest absolute Gasteiger partial charge is 0.497 e. The number of nitrogens with one attached hydrogen (secondary N) is 1. The number of hydrogen-bond donors (Lipinski definition) is 1. The van der Waals surface area contributed by atoms with Crippen LogP contribution in [-0.4, -0.2) is 25.6 Å². The predicted molar refractivity (Wildman–Crippen MR) is 116 cm³/mol. The monoisotopic (exact) mass is 438 g/mol. The molecule has 160 valence electrons. The fourth-order valence-corrected chi connectivity index (χ4v) is 5.18. The van der Waals surface area contributed by atoms with Crippen LogP contribution in [0.1, 0.15) is 34.9 Å². The second-order valence-corrected chi connectivity index (χ2v) is 8.78. The van der Waals surface area contributed by atoms with Gasteiger partial charge in [0.1, 0.15) is 22.4 Å². The van der Waals surface area contributed by atoms with Crippen molar-refractivity contribution < 1.29 is 23.5 Å². The molecule has 7 nitrogen and oxygen atoms in total. The number of amides is 1. The van der Waals surface area contributed by atoms with Crippen molar-refractivity contribution in [2.45, 2.75) is 32.6 Å². The maximum absolute atomic E-state index is 12.3. The van der Waals surface area contributed by atoms with Gasteiger partial charge >= 0.3 is 5.97 Å². The molecule has 4 rings (SSSR count). The number of fused-ring (bicyclic) bond motifs is 2. The van der Waals surface area contributed by atoms with Crippen molar-refractivity contribution in [2.24, 2.45) is 5.92 Å². The molecule has 0 aliphatic heterocycles. The highest BCUT2D eigenvalue weighted by Gasteiger charge is 2.25. The van der Waals surface area contributed by atoms with E-state index in [0.29, 0.717) is 33.4 Å².